The van der Waals surface area contributed by atoms with Gasteiger partial charge >= 0.3 is 12.0 Å². The minimum atomic E-state index is -1.21. The van der Waals surface area contributed by atoms with Crippen molar-refractivity contribution in [1.82, 2.24) is 15.2 Å². The molecule has 1 heterocycles. The summed E-state index contributed by atoms with van der Waals surface area (Å²) >= 11 is 0. The number of carbonyl (C=O) groups excluding carboxylic acids is 3. The van der Waals surface area contributed by atoms with Crippen LogP contribution in [-0.2, 0) is 14.3 Å². The second-order valence-corrected chi connectivity index (χ2v) is 8.09. The lowest BCUT2D eigenvalue weighted by Gasteiger charge is -2.15. The standard InChI is InChI=1S/C22H28N4O4/c1-13-10-16(14(2)26(13)19-8-9-19)11-17(12-23)21(28)30-15(3)20(27)25-22(29)24-18-6-4-5-7-18/h10-11,15,18-19H,4-9H2,1-3H3,(H2,24,25,27,29)/b17-11+/t15-/m0/s1. The van der Waals surface area contributed by atoms with Gasteiger partial charge in [-0.1, -0.05) is 12.8 Å². The molecular formula is C22H28N4O4. The fourth-order valence-corrected chi connectivity index (χ4v) is 3.92. The zero-order chi connectivity index (χ0) is 21.8. The van der Waals surface area contributed by atoms with E-state index in [2.05, 4.69) is 15.2 Å². The van der Waals surface area contributed by atoms with Crippen molar-refractivity contribution in [3.63, 3.8) is 0 Å². The number of aryl methyl sites for hydroxylation is 1. The first-order chi connectivity index (χ1) is 14.3. The third kappa shape index (κ3) is 5.09. The Morgan fingerprint density at radius 3 is 2.50 bits per heavy atom. The number of carbonyl (C=O) groups is 3. The number of amides is 3. The molecule has 2 N–H and O–H groups in total. The Bertz CT molecular complexity index is 914. The highest BCUT2D eigenvalue weighted by Gasteiger charge is 2.27. The number of nitrogens with zero attached hydrogens (tertiary/aromatic N) is 2. The van der Waals surface area contributed by atoms with Crippen LogP contribution in [0.2, 0.25) is 0 Å². The number of rotatable bonds is 6. The van der Waals surface area contributed by atoms with Crippen LogP contribution in [0.3, 0.4) is 0 Å². The molecule has 160 valence electrons. The molecule has 0 aromatic carbocycles. The molecule has 0 saturated heterocycles. The van der Waals surface area contributed by atoms with E-state index in [4.69, 9.17) is 4.74 Å². The van der Waals surface area contributed by atoms with Crippen LogP contribution >= 0.6 is 0 Å². The molecule has 8 nitrogen and oxygen atoms in total. The van der Waals surface area contributed by atoms with Crippen molar-refractivity contribution < 1.29 is 19.1 Å². The maximum atomic E-state index is 12.4. The van der Waals surface area contributed by atoms with Crippen LogP contribution in [0.1, 0.15) is 68.4 Å². The minimum absolute atomic E-state index is 0.0680. The summed E-state index contributed by atoms with van der Waals surface area (Å²) in [5.41, 5.74) is 2.65. The molecule has 2 aliphatic carbocycles. The first kappa shape index (κ1) is 21.6. The van der Waals surface area contributed by atoms with Gasteiger partial charge in [0.1, 0.15) is 11.6 Å². The van der Waals surface area contributed by atoms with Gasteiger partial charge in [-0.15, -0.1) is 0 Å². The van der Waals surface area contributed by atoms with Crippen LogP contribution in [0, 0.1) is 25.2 Å². The maximum absolute atomic E-state index is 12.4. The lowest BCUT2D eigenvalue weighted by molar-refractivity contribution is -0.150. The molecule has 2 fully saturated rings. The van der Waals surface area contributed by atoms with Gasteiger partial charge in [-0.2, -0.15) is 5.26 Å². The smallest absolute Gasteiger partial charge is 0.349 e. The number of nitrogens with one attached hydrogen (secondary N) is 2. The van der Waals surface area contributed by atoms with E-state index in [0.717, 1.165) is 55.5 Å². The van der Waals surface area contributed by atoms with E-state index < -0.39 is 24.0 Å². The van der Waals surface area contributed by atoms with Crippen molar-refractivity contribution in [1.29, 1.82) is 5.26 Å². The summed E-state index contributed by atoms with van der Waals surface area (Å²) in [5, 5.41) is 14.3. The molecular weight excluding hydrogens is 384 g/mol. The summed E-state index contributed by atoms with van der Waals surface area (Å²) in [6.45, 7) is 5.32. The summed E-state index contributed by atoms with van der Waals surface area (Å²) < 4.78 is 7.33. The highest BCUT2D eigenvalue weighted by atomic mass is 16.5. The van der Waals surface area contributed by atoms with E-state index in [-0.39, 0.29) is 11.6 Å². The van der Waals surface area contributed by atoms with Gasteiger partial charge in [-0.25, -0.2) is 9.59 Å². The zero-order valence-corrected chi connectivity index (χ0v) is 17.7. The van der Waals surface area contributed by atoms with Gasteiger partial charge < -0.3 is 14.6 Å². The molecule has 3 amide bonds. The van der Waals surface area contributed by atoms with E-state index in [1.165, 1.54) is 13.0 Å². The fourth-order valence-electron chi connectivity index (χ4n) is 3.92. The van der Waals surface area contributed by atoms with E-state index in [1.807, 2.05) is 26.0 Å². The van der Waals surface area contributed by atoms with Crippen molar-refractivity contribution >= 4 is 24.0 Å². The second kappa shape index (κ2) is 9.16. The van der Waals surface area contributed by atoms with Crippen LogP contribution in [0.4, 0.5) is 4.79 Å². The maximum Gasteiger partial charge on any atom is 0.349 e. The fraction of sp³-hybridized carbons (Fsp3) is 0.545. The van der Waals surface area contributed by atoms with Crippen LogP contribution in [0.25, 0.3) is 6.08 Å². The molecule has 1 aromatic rings. The van der Waals surface area contributed by atoms with Crippen molar-refractivity contribution in [2.45, 2.75) is 77.5 Å². The van der Waals surface area contributed by atoms with E-state index in [0.29, 0.717) is 6.04 Å². The second-order valence-electron chi connectivity index (χ2n) is 8.09. The Morgan fingerprint density at radius 2 is 1.90 bits per heavy atom. The van der Waals surface area contributed by atoms with Crippen LogP contribution < -0.4 is 10.6 Å². The number of esters is 1. The highest BCUT2D eigenvalue weighted by molar-refractivity contribution is 6.01. The molecule has 0 spiro atoms. The first-order valence-electron chi connectivity index (χ1n) is 10.4. The number of hydrogen-bond acceptors (Lipinski definition) is 5. The highest BCUT2D eigenvalue weighted by Crippen LogP contribution is 2.38. The summed E-state index contributed by atoms with van der Waals surface area (Å²) in [7, 11) is 0. The Kier molecular flexibility index (Phi) is 6.60. The molecule has 0 unspecified atom stereocenters. The first-order valence-corrected chi connectivity index (χ1v) is 10.4. The van der Waals surface area contributed by atoms with Gasteiger partial charge in [0.2, 0.25) is 0 Å². The van der Waals surface area contributed by atoms with Gasteiger partial charge in [-0.3, -0.25) is 10.1 Å². The van der Waals surface area contributed by atoms with E-state index in [1.54, 1.807) is 0 Å². The molecule has 0 bridgehead atoms. The quantitative estimate of drug-likeness (QED) is 0.424. The molecule has 2 saturated carbocycles. The summed E-state index contributed by atoms with van der Waals surface area (Å²) in [5.74, 6) is -1.63. The van der Waals surface area contributed by atoms with Gasteiger partial charge in [0.15, 0.2) is 6.10 Å². The van der Waals surface area contributed by atoms with Gasteiger partial charge in [0.25, 0.3) is 5.91 Å². The summed E-state index contributed by atoms with van der Waals surface area (Å²) in [6.07, 6.45) is 6.44. The normalized spacial score (nSPS) is 17.9. The molecule has 8 heteroatoms. The average Bonchev–Trinajstić information content (AvgIpc) is 3.31. The number of imide groups is 1. The molecule has 30 heavy (non-hydrogen) atoms. The van der Waals surface area contributed by atoms with Gasteiger partial charge in [0, 0.05) is 23.5 Å². The van der Waals surface area contributed by atoms with Crippen LogP contribution in [0.5, 0.6) is 0 Å². The number of nitriles is 1. The summed E-state index contributed by atoms with van der Waals surface area (Å²) in [4.78, 5) is 36.5. The lowest BCUT2D eigenvalue weighted by atomic mass is 10.1. The third-order valence-electron chi connectivity index (χ3n) is 5.66. The zero-order valence-electron chi connectivity index (χ0n) is 17.7. The number of urea groups is 1. The molecule has 0 radical (unpaired) electrons. The van der Waals surface area contributed by atoms with Crippen LogP contribution in [0.15, 0.2) is 11.6 Å². The Balaban J connectivity index is 1.59. The molecule has 1 atom stereocenters. The number of aromatic nitrogens is 1. The Hall–Kier alpha value is -3.08. The molecule has 3 rings (SSSR count). The SMILES string of the molecule is Cc1cc(/C=C(\C#N)C(=O)O[C@@H](C)C(=O)NC(=O)NC2CCCC2)c(C)n1C1CC1. The van der Waals surface area contributed by atoms with E-state index >= 15 is 0 Å². The van der Waals surface area contributed by atoms with Crippen molar-refractivity contribution in [2.75, 3.05) is 0 Å². The summed E-state index contributed by atoms with van der Waals surface area (Å²) in [6, 6.07) is 3.74. The van der Waals surface area contributed by atoms with Crippen LogP contribution in [-0.4, -0.2) is 34.6 Å². The number of hydrogen-bond donors (Lipinski definition) is 2. The predicted octanol–water partition coefficient (Wildman–Crippen LogP) is 3.05. The monoisotopic (exact) mass is 412 g/mol. The van der Waals surface area contributed by atoms with E-state index in [9.17, 15) is 19.6 Å². The third-order valence-corrected chi connectivity index (χ3v) is 5.66. The lowest BCUT2D eigenvalue weighted by Crippen LogP contribution is -2.47. The molecule has 2 aliphatic rings. The predicted molar refractivity (Wildman–Crippen MR) is 110 cm³/mol. The number of ether oxygens (including phenoxy) is 1. The Labute approximate surface area is 176 Å². The van der Waals surface area contributed by atoms with Crippen molar-refractivity contribution in [3.05, 3.63) is 28.6 Å². The minimum Gasteiger partial charge on any atom is -0.448 e. The topological polar surface area (TPSA) is 113 Å². The van der Waals surface area contributed by atoms with Gasteiger partial charge in [-0.05, 0) is 64.2 Å². The Morgan fingerprint density at radius 1 is 1.23 bits per heavy atom. The molecule has 1 aromatic heterocycles. The van der Waals surface area contributed by atoms with Crippen molar-refractivity contribution in [3.8, 4) is 6.07 Å². The molecule has 0 aliphatic heterocycles. The average molecular weight is 412 g/mol. The largest absolute Gasteiger partial charge is 0.448 e. The van der Waals surface area contributed by atoms with Gasteiger partial charge in [0.05, 0.1) is 0 Å². The van der Waals surface area contributed by atoms with Crippen molar-refractivity contribution in [2.24, 2.45) is 0 Å².